The Labute approximate surface area is 111 Å². The highest BCUT2D eigenvalue weighted by Crippen LogP contribution is 2.12. The summed E-state index contributed by atoms with van der Waals surface area (Å²) in [6.07, 6.45) is -0.723. The molecule has 10 heteroatoms. The molecule has 1 aromatic heterocycles. The molecule has 18 heavy (non-hydrogen) atoms. The lowest BCUT2D eigenvalue weighted by Crippen LogP contribution is -2.32. The maximum absolute atomic E-state index is 10.5. The molecule has 1 rings (SSSR count). The molecule has 9 nitrogen and oxygen atoms in total. The van der Waals surface area contributed by atoms with Crippen LogP contribution in [0.15, 0.2) is 4.73 Å². The summed E-state index contributed by atoms with van der Waals surface area (Å²) in [4.78, 5) is 13.4. The van der Waals surface area contributed by atoms with Crippen molar-refractivity contribution in [3.8, 4) is 0 Å². The lowest BCUT2D eigenvalue weighted by atomic mass is 10.3. The summed E-state index contributed by atoms with van der Waals surface area (Å²) < 4.78 is 6.29. The molecular weight excluding hydrogens is 310 g/mol. The van der Waals surface area contributed by atoms with Crippen LogP contribution in [0.5, 0.6) is 0 Å². The Morgan fingerprint density at radius 2 is 2.44 bits per heavy atom. The first-order valence-electron chi connectivity index (χ1n) is 5.17. The lowest BCUT2D eigenvalue weighted by Gasteiger charge is -2.10. The van der Waals surface area contributed by atoms with Crippen LogP contribution in [-0.4, -0.2) is 57.7 Å². The molecule has 2 N–H and O–H groups in total. The summed E-state index contributed by atoms with van der Waals surface area (Å²) in [5, 5.41) is 26.8. The van der Waals surface area contributed by atoms with E-state index in [1.165, 1.54) is 4.68 Å². The van der Waals surface area contributed by atoms with Gasteiger partial charge in [0, 0.05) is 41.2 Å². The van der Waals surface area contributed by atoms with E-state index < -0.39 is 17.0 Å². The van der Waals surface area contributed by atoms with Gasteiger partial charge in [-0.25, -0.2) is 0 Å². The van der Waals surface area contributed by atoms with Gasteiger partial charge in [-0.15, -0.1) is 0 Å². The predicted molar refractivity (Wildman–Crippen MR) is 65.1 cm³/mol. The SMILES string of the molecule is COCCNCC(O)Cn1nc([N+](=O)[O-])nc1Br. The van der Waals surface area contributed by atoms with Crippen LogP contribution in [0.4, 0.5) is 5.95 Å². The van der Waals surface area contributed by atoms with Crippen molar-refractivity contribution in [2.75, 3.05) is 26.8 Å². The molecule has 1 aromatic rings. The fourth-order valence-electron chi connectivity index (χ4n) is 1.21. The monoisotopic (exact) mass is 323 g/mol. The van der Waals surface area contributed by atoms with Crippen LogP contribution in [-0.2, 0) is 11.3 Å². The zero-order chi connectivity index (χ0) is 13.5. The van der Waals surface area contributed by atoms with Gasteiger partial charge in [-0.05, 0) is 9.91 Å². The standard InChI is InChI=1S/C8H14BrN5O4/c1-18-3-2-10-4-6(15)5-13-7(9)11-8(12-13)14(16)17/h6,10,15H,2-5H2,1H3. The third-order valence-corrected chi connectivity index (χ3v) is 2.61. The van der Waals surface area contributed by atoms with Crippen molar-refractivity contribution in [2.24, 2.45) is 0 Å². The molecule has 0 amide bonds. The van der Waals surface area contributed by atoms with E-state index in [9.17, 15) is 15.2 Å². The van der Waals surface area contributed by atoms with Gasteiger partial charge >= 0.3 is 5.95 Å². The van der Waals surface area contributed by atoms with Gasteiger partial charge in [0.25, 0.3) is 4.73 Å². The zero-order valence-electron chi connectivity index (χ0n) is 9.74. The van der Waals surface area contributed by atoms with E-state index in [0.29, 0.717) is 19.7 Å². The highest BCUT2D eigenvalue weighted by Gasteiger charge is 2.21. The Morgan fingerprint density at radius 3 is 3.00 bits per heavy atom. The van der Waals surface area contributed by atoms with Crippen molar-refractivity contribution in [2.45, 2.75) is 12.6 Å². The van der Waals surface area contributed by atoms with E-state index in [1.807, 2.05) is 0 Å². The first kappa shape index (κ1) is 15.0. The Morgan fingerprint density at radius 1 is 1.72 bits per heavy atom. The van der Waals surface area contributed by atoms with E-state index in [4.69, 9.17) is 4.74 Å². The van der Waals surface area contributed by atoms with Gasteiger partial charge in [-0.2, -0.15) is 4.68 Å². The Balaban J connectivity index is 2.43. The number of aliphatic hydroxyl groups excluding tert-OH is 1. The molecule has 1 atom stereocenters. The summed E-state index contributed by atoms with van der Waals surface area (Å²) in [5.41, 5.74) is 0. The third-order valence-electron chi connectivity index (χ3n) is 2.03. The van der Waals surface area contributed by atoms with Gasteiger partial charge in [-0.1, -0.05) is 0 Å². The van der Waals surface area contributed by atoms with E-state index in [0.717, 1.165) is 0 Å². The van der Waals surface area contributed by atoms with Crippen molar-refractivity contribution in [3.63, 3.8) is 0 Å². The molecule has 0 spiro atoms. The minimum Gasteiger partial charge on any atom is -0.390 e. The Bertz CT molecular complexity index is 399. The lowest BCUT2D eigenvalue weighted by molar-refractivity contribution is -0.394. The smallest absolute Gasteiger partial charge is 0.390 e. The second kappa shape index (κ2) is 7.36. The summed E-state index contributed by atoms with van der Waals surface area (Å²) >= 11 is 3.04. The number of aliphatic hydroxyl groups is 1. The summed E-state index contributed by atoms with van der Waals surface area (Å²) in [5.74, 6) is -0.499. The maximum Gasteiger partial charge on any atom is 0.492 e. The molecule has 0 aliphatic rings. The largest absolute Gasteiger partial charge is 0.492 e. The van der Waals surface area contributed by atoms with E-state index in [1.54, 1.807) is 7.11 Å². The van der Waals surface area contributed by atoms with Crippen LogP contribution >= 0.6 is 15.9 Å². The minimum atomic E-state index is -0.723. The van der Waals surface area contributed by atoms with Gasteiger partial charge in [0.1, 0.15) is 0 Å². The number of halogens is 1. The average Bonchev–Trinajstić information content (AvgIpc) is 2.67. The van der Waals surface area contributed by atoms with Crippen molar-refractivity contribution in [3.05, 3.63) is 14.8 Å². The van der Waals surface area contributed by atoms with Crippen molar-refractivity contribution in [1.82, 2.24) is 20.1 Å². The molecule has 0 bridgehead atoms. The fourth-order valence-corrected chi connectivity index (χ4v) is 1.60. The second-order valence-electron chi connectivity index (χ2n) is 3.47. The number of nitro groups is 1. The Hall–Kier alpha value is -1.10. The summed E-state index contributed by atoms with van der Waals surface area (Å²) in [6, 6.07) is 0. The van der Waals surface area contributed by atoms with E-state index in [2.05, 4.69) is 31.3 Å². The third kappa shape index (κ3) is 4.64. The average molecular weight is 324 g/mol. The van der Waals surface area contributed by atoms with Gasteiger partial charge in [0.2, 0.25) is 0 Å². The summed E-state index contributed by atoms with van der Waals surface area (Å²) in [7, 11) is 1.59. The zero-order valence-corrected chi connectivity index (χ0v) is 11.3. The molecule has 0 aliphatic carbocycles. The van der Waals surface area contributed by atoms with Gasteiger partial charge < -0.3 is 25.3 Å². The molecule has 1 heterocycles. The van der Waals surface area contributed by atoms with Crippen molar-refractivity contribution < 1.29 is 14.8 Å². The number of aromatic nitrogens is 3. The number of nitrogens with one attached hydrogen (secondary N) is 1. The molecule has 0 aliphatic heterocycles. The number of methoxy groups -OCH3 is 1. The highest BCUT2D eigenvalue weighted by molar-refractivity contribution is 9.10. The van der Waals surface area contributed by atoms with Gasteiger partial charge in [0.05, 0.1) is 19.3 Å². The number of nitrogens with zero attached hydrogens (tertiary/aromatic N) is 4. The summed E-state index contributed by atoms with van der Waals surface area (Å²) in [6.45, 7) is 1.61. The topological polar surface area (TPSA) is 115 Å². The number of hydrogen-bond donors (Lipinski definition) is 2. The number of rotatable bonds is 8. The molecule has 0 saturated heterocycles. The van der Waals surface area contributed by atoms with Crippen molar-refractivity contribution >= 4 is 21.9 Å². The van der Waals surface area contributed by atoms with E-state index in [-0.39, 0.29) is 11.3 Å². The van der Waals surface area contributed by atoms with Crippen LogP contribution in [0.25, 0.3) is 0 Å². The second-order valence-corrected chi connectivity index (χ2v) is 4.18. The molecule has 0 radical (unpaired) electrons. The van der Waals surface area contributed by atoms with Crippen molar-refractivity contribution in [1.29, 1.82) is 0 Å². The predicted octanol–water partition coefficient (Wildman–Crippen LogP) is -0.454. The fraction of sp³-hybridized carbons (Fsp3) is 0.750. The Kier molecular flexibility index (Phi) is 6.12. The van der Waals surface area contributed by atoms with Crippen LogP contribution in [0.3, 0.4) is 0 Å². The van der Waals surface area contributed by atoms with Gasteiger partial charge in [-0.3, -0.25) is 0 Å². The molecule has 0 aromatic carbocycles. The van der Waals surface area contributed by atoms with E-state index >= 15 is 0 Å². The first-order chi connectivity index (χ1) is 8.54. The molecule has 102 valence electrons. The quantitative estimate of drug-likeness (QED) is 0.378. The number of ether oxygens (including phenoxy) is 1. The minimum absolute atomic E-state index is 0.113. The van der Waals surface area contributed by atoms with Crippen LogP contribution in [0, 0.1) is 10.1 Å². The van der Waals surface area contributed by atoms with Crippen LogP contribution in [0.2, 0.25) is 0 Å². The molecular formula is C8H14BrN5O4. The molecule has 0 saturated carbocycles. The normalized spacial score (nSPS) is 12.6. The molecule has 0 fully saturated rings. The number of hydrogen-bond acceptors (Lipinski definition) is 7. The maximum atomic E-state index is 10.5. The first-order valence-corrected chi connectivity index (χ1v) is 5.96. The van der Waals surface area contributed by atoms with Crippen LogP contribution < -0.4 is 5.32 Å². The van der Waals surface area contributed by atoms with Crippen LogP contribution in [0.1, 0.15) is 0 Å². The molecule has 1 unspecified atom stereocenters. The highest BCUT2D eigenvalue weighted by atomic mass is 79.9. The van der Waals surface area contributed by atoms with Gasteiger partial charge in [0.15, 0.2) is 0 Å².